The molecule has 1 aliphatic heterocycles. The second kappa shape index (κ2) is 6.20. The first-order valence-corrected chi connectivity index (χ1v) is 7.64. The highest BCUT2D eigenvalue weighted by Gasteiger charge is 2.13. The standard InChI is InChI=1S/C18H14BrNO2/c1-12-4-2-3-5-16(12)20-18(21)13-8-9-22-17-7-6-15(19)11-14(17)10-13/h2-11H,1H3,(H,20,21). The van der Waals surface area contributed by atoms with Gasteiger partial charge >= 0.3 is 0 Å². The van der Waals surface area contributed by atoms with E-state index in [4.69, 9.17) is 4.74 Å². The van der Waals surface area contributed by atoms with Gasteiger partial charge in [0.05, 0.1) is 6.26 Å². The molecule has 0 unspecified atom stereocenters. The molecule has 1 heterocycles. The van der Waals surface area contributed by atoms with Gasteiger partial charge in [0.25, 0.3) is 5.91 Å². The minimum atomic E-state index is -0.165. The number of ether oxygens (including phenoxy) is 1. The van der Waals surface area contributed by atoms with E-state index in [1.54, 1.807) is 6.08 Å². The molecule has 3 rings (SSSR count). The van der Waals surface area contributed by atoms with Crippen molar-refractivity contribution in [3.63, 3.8) is 0 Å². The highest BCUT2D eigenvalue weighted by molar-refractivity contribution is 9.10. The van der Waals surface area contributed by atoms with Gasteiger partial charge in [-0.15, -0.1) is 0 Å². The first-order chi connectivity index (χ1) is 10.6. The third kappa shape index (κ3) is 3.12. The summed E-state index contributed by atoms with van der Waals surface area (Å²) in [5.74, 6) is 0.556. The van der Waals surface area contributed by atoms with Gasteiger partial charge in [-0.1, -0.05) is 34.1 Å². The maximum Gasteiger partial charge on any atom is 0.255 e. The fourth-order valence-corrected chi connectivity index (χ4v) is 2.56. The summed E-state index contributed by atoms with van der Waals surface area (Å²) in [6, 6.07) is 13.4. The fourth-order valence-electron chi connectivity index (χ4n) is 2.18. The summed E-state index contributed by atoms with van der Waals surface area (Å²) in [7, 11) is 0. The Morgan fingerprint density at radius 2 is 2.00 bits per heavy atom. The molecule has 0 bridgehead atoms. The van der Waals surface area contributed by atoms with Gasteiger partial charge in [0.15, 0.2) is 0 Å². The lowest BCUT2D eigenvalue weighted by molar-refractivity contribution is -0.112. The number of nitrogens with one attached hydrogen (secondary N) is 1. The molecule has 2 aromatic carbocycles. The molecule has 0 aromatic heterocycles. The van der Waals surface area contributed by atoms with Crippen molar-refractivity contribution < 1.29 is 9.53 Å². The average Bonchev–Trinajstić information content (AvgIpc) is 2.71. The number of carbonyl (C=O) groups excluding carboxylic acids is 1. The number of carbonyl (C=O) groups is 1. The van der Waals surface area contributed by atoms with Gasteiger partial charge in [0.2, 0.25) is 0 Å². The van der Waals surface area contributed by atoms with Crippen LogP contribution in [-0.2, 0) is 4.79 Å². The number of hydrogen-bond acceptors (Lipinski definition) is 2. The molecule has 2 aromatic rings. The number of amides is 1. The van der Waals surface area contributed by atoms with Crippen molar-refractivity contribution in [2.24, 2.45) is 0 Å². The summed E-state index contributed by atoms with van der Waals surface area (Å²) >= 11 is 3.43. The largest absolute Gasteiger partial charge is 0.464 e. The number of anilines is 1. The number of halogens is 1. The lowest BCUT2D eigenvalue weighted by atomic mass is 10.1. The molecule has 0 saturated heterocycles. The molecule has 0 fully saturated rings. The number of aryl methyl sites for hydroxylation is 1. The van der Waals surface area contributed by atoms with E-state index in [0.29, 0.717) is 5.57 Å². The molecule has 0 radical (unpaired) electrons. The molecule has 1 amide bonds. The predicted molar refractivity (Wildman–Crippen MR) is 91.7 cm³/mol. The first kappa shape index (κ1) is 14.6. The van der Waals surface area contributed by atoms with Crippen molar-refractivity contribution in [1.29, 1.82) is 0 Å². The van der Waals surface area contributed by atoms with E-state index in [-0.39, 0.29) is 5.91 Å². The van der Waals surface area contributed by atoms with Gasteiger partial charge in [-0.05, 0) is 48.9 Å². The second-order valence-electron chi connectivity index (χ2n) is 4.97. The number of para-hydroxylation sites is 1. The molecule has 0 saturated carbocycles. The highest BCUT2D eigenvalue weighted by atomic mass is 79.9. The Morgan fingerprint density at radius 3 is 2.82 bits per heavy atom. The summed E-state index contributed by atoms with van der Waals surface area (Å²) in [6.45, 7) is 1.96. The Morgan fingerprint density at radius 1 is 1.18 bits per heavy atom. The van der Waals surface area contributed by atoms with Crippen molar-refractivity contribution in [2.45, 2.75) is 6.92 Å². The van der Waals surface area contributed by atoms with E-state index in [2.05, 4.69) is 21.2 Å². The summed E-state index contributed by atoms with van der Waals surface area (Å²) in [4.78, 5) is 12.5. The number of rotatable bonds is 2. The van der Waals surface area contributed by atoms with E-state index in [9.17, 15) is 4.79 Å². The number of hydrogen-bond donors (Lipinski definition) is 1. The van der Waals surface area contributed by atoms with Gasteiger partial charge < -0.3 is 10.1 Å². The van der Waals surface area contributed by atoms with Crippen LogP contribution in [0.3, 0.4) is 0 Å². The molecule has 0 atom stereocenters. The highest BCUT2D eigenvalue weighted by Crippen LogP contribution is 2.28. The average molecular weight is 356 g/mol. The van der Waals surface area contributed by atoms with Crippen LogP contribution >= 0.6 is 15.9 Å². The quantitative estimate of drug-likeness (QED) is 0.848. The van der Waals surface area contributed by atoms with Crippen LogP contribution < -0.4 is 10.1 Å². The zero-order chi connectivity index (χ0) is 15.5. The van der Waals surface area contributed by atoms with E-state index >= 15 is 0 Å². The number of fused-ring (bicyclic) bond motifs is 1. The van der Waals surface area contributed by atoms with Crippen molar-refractivity contribution in [1.82, 2.24) is 0 Å². The minimum Gasteiger partial charge on any atom is -0.464 e. The van der Waals surface area contributed by atoms with Crippen LogP contribution in [0.1, 0.15) is 11.1 Å². The molecule has 1 N–H and O–H groups in total. The lowest BCUT2D eigenvalue weighted by Crippen LogP contribution is -2.13. The Kier molecular flexibility index (Phi) is 4.11. The van der Waals surface area contributed by atoms with E-state index in [1.807, 2.05) is 55.5 Å². The van der Waals surface area contributed by atoms with Gasteiger partial charge in [0, 0.05) is 21.3 Å². The van der Waals surface area contributed by atoms with Crippen molar-refractivity contribution in [3.8, 4) is 5.75 Å². The van der Waals surface area contributed by atoms with Gasteiger partial charge in [-0.3, -0.25) is 4.79 Å². The van der Waals surface area contributed by atoms with Crippen molar-refractivity contribution in [2.75, 3.05) is 5.32 Å². The Labute approximate surface area is 137 Å². The Bertz CT molecular complexity index is 793. The second-order valence-corrected chi connectivity index (χ2v) is 5.89. The third-order valence-corrected chi connectivity index (χ3v) is 3.87. The molecule has 3 nitrogen and oxygen atoms in total. The zero-order valence-corrected chi connectivity index (χ0v) is 13.6. The summed E-state index contributed by atoms with van der Waals surface area (Å²) in [6.07, 6.45) is 5.02. The van der Waals surface area contributed by atoms with Crippen LogP contribution in [0.5, 0.6) is 5.75 Å². The van der Waals surface area contributed by atoms with Crippen LogP contribution in [0.25, 0.3) is 6.08 Å². The Balaban J connectivity index is 1.90. The molecular formula is C18H14BrNO2. The van der Waals surface area contributed by atoms with Crippen LogP contribution in [0.15, 0.2) is 64.8 Å². The topological polar surface area (TPSA) is 38.3 Å². The molecular weight excluding hydrogens is 342 g/mol. The van der Waals surface area contributed by atoms with Crippen molar-refractivity contribution in [3.05, 3.63) is 76.0 Å². The smallest absolute Gasteiger partial charge is 0.255 e. The maximum atomic E-state index is 12.5. The van der Waals surface area contributed by atoms with Crippen LogP contribution in [0, 0.1) is 6.92 Å². The van der Waals surface area contributed by atoms with E-state index in [0.717, 1.165) is 27.0 Å². The monoisotopic (exact) mass is 355 g/mol. The molecule has 0 aliphatic carbocycles. The fraction of sp³-hybridized carbons (Fsp3) is 0.0556. The van der Waals surface area contributed by atoms with E-state index in [1.165, 1.54) is 6.26 Å². The predicted octanol–water partition coefficient (Wildman–Crippen LogP) is 4.69. The summed E-state index contributed by atoms with van der Waals surface area (Å²) in [5.41, 5.74) is 3.23. The maximum absolute atomic E-state index is 12.5. The molecule has 22 heavy (non-hydrogen) atoms. The normalized spacial score (nSPS) is 12.7. The minimum absolute atomic E-state index is 0.165. The zero-order valence-electron chi connectivity index (χ0n) is 12.0. The first-order valence-electron chi connectivity index (χ1n) is 6.85. The summed E-state index contributed by atoms with van der Waals surface area (Å²) in [5, 5.41) is 2.93. The van der Waals surface area contributed by atoms with Crippen LogP contribution in [-0.4, -0.2) is 5.91 Å². The Hall–Kier alpha value is -2.33. The SMILES string of the molecule is Cc1ccccc1NC(=O)C1=Cc2cc(Br)ccc2OC=C1. The van der Waals surface area contributed by atoms with Gasteiger partial charge in [-0.2, -0.15) is 0 Å². The number of benzene rings is 2. The molecule has 0 spiro atoms. The van der Waals surface area contributed by atoms with Crippen molar-refractivity contribution >= 4 is 33.6 Å². The molecule has 1 aliphatic rings. The van der Waals surface area contributed by atoms with Crippen LogP contribution in [0.4, 0.5) is 5.69 Å². The summed E-state index contributed by atoms with van der Waals surface area (Å²) < 4.78 is 6.46. The van der Waals surface area contributed by atoms with E-state index < -0.39 is 0 Å². The molecule has 110 valence electrons. The third-order valence-electron chi connectivity index (χ3n) is 3.38. The van der Waals surface area contributed by atoms with Crippen LogP contribution in [0.2, 0.25) is 0 Å². The van der Waals surface area contributed by atoms with Gasteiger partial charge in [0.1, 0.15) is 5.75 Å². The van der Waals surface area contributed by atoms with Gasteiger partial charge in [-0.25, -0.2) is 0 Å². The molecule has 4 heteroatoms. The lowest BCUT2D eigenvalue weighted by Gasteiger charge is -2.08.